The van der Waals surface area contributed by atoms with E-state index < -0.39 is 0 Å². The minimum atomic E-state index is -0.378. The van der Waals surface area contributed by atoms with Gasteiger partial charge in [-0.1, -0.05) is 296 Å². The van der Waals surface area contributed by atoms with Gasteiger partial charge in [-0.25, -0.2) is 9.59 Å². The Morgan fingerprint density at radius 2 is 0.581 bits per heavy atom. The fourth-order valence-corrected chi connectivity index (χ4v) is 9.16. The first kappa shape index (κ1) is 58.2. The van der Waals surface area contributed by atoms with Crippen molar-refractivity contribution in [2.24, 2.45) is 0 Å². The van der Waals surface area contributed by atoms with Crippen molar-refractivity contribution in [2.75, 3.05) is 13.2 Å². The zero-order chi connectivity index (χ0) is 44.7. The number of hydrogen-bond acceptors (Lipinski definition) is 4. The maximum absolute atomic E-state index is 13.7. The van der Waals surface area contributed by atoms with E-state index in [1.165, 1.54) is 244 Å². The number of ether oxygens (including phenoxy) is 2. The van der Waals surface area contributed by atoms with E-state index in [-0.39, 0.29) is 11.9 Å². The summed E-state index contributed by atoms with van der Waals surface area (Å²) >= 11 is 0. The number of rotatable bonds is 49. The summed E-state index contributed by atoms with van der Waals surface area (Å²) in [6.07, 6.45) is 58.6. The Kier molecular flexibility index (Phi) is 44.2. The summed E-state index contributed by atoms with van der Waals surface area (Å²) in [5, 5.41) is 0. The number of carbonyl (C=O) groups is 2. The normalized spacial score (nSPS) is 11.4. The highest BCUT2D eigenvalue weighted by atomic mass is 16.5. The van der Waals surface area contributed by atoms with Gasteiger partial charge in [0.25, 0.3) is 0 Å². The molecule has 0 atom stereocenters. The van der Waals surface area contributed by atoms with Crippen molar-refractivity contribution in [1.29, 1.82) is 0 Å². The predicted octanol–water partition coefficient (Wildman–Crippen LogP) is 19.8. The van der Waals surface area contributed by atoms with E-state index in [0.29, 0.717) is 24.3 Å². The average molecular weight is 867 g/mol. The van der Waals surface area contributed by atoms with Crippen LogP contribution < -0.4 is 0 Å². The van der Waals surface area contributed by atoms with E-state index in [9.17, 15) is 9.59 Å². The number of esters is 2. The number of hydrogen-bond donors (Lipinski definition) is 0. The number of carbonyl (C=O) groups excluding carboxylic acids is 2. The standard InChI is InChI=1S/C58H106O4/c1-4-7-10-13-16-19-22-25-28-29-30-33-36-39-42-45-49-54-50-48-51-55(57(59)61-52-46-43-40-37-34-31-26-23-20-17-14-11-8-5-2)56(54)58(60)62-53-47-44-41-38-35-32-27-24-21-18-15-12-9-6-3/h48,50-51H,4-47,49,52-53H2,1-3H3. The highest BCUT2D eigenvalue weighted by Crippen LogP contribution is 2.22. The van der Waals surface area contributed by atoms with Crippen LogP contribution in [0, 0.1) is 0 Å². The molecule has 0 aliphatic carbocycles. The van der Waals surface area contributed by atoms with Gasteiger partial charge in [-0.2, -0.15) is 0 Å². The summed E-state index contributed by atoms with van der Waals surface area (Å²) in [6, 6.07) is 5.72. The molecule has 0 amide bonds. The molecular weight excluding hydrogens is 761 g/mol. The first-order valence-corrected chi connectivity index (χ1v) is 28.1. The summed E-state index contributed by atoms with van der Waals surface area (Å²) < 4.78 is 11.7. The van der Waals surface area contributed by atoms with Crippen molar-refractivity contribution < 1.29 is 19.1 Å². The fraction of sp³-hybridized carbons (Fsp3) is 0.862. The molecule has 0 aliphatic heterocycles. The van der Waals surface area contributed by atoms with Crippen molar-refractivity contribution in [3.05, 3.63) is 34.9 Å². The molecule has 0 radical (unpaired) electrons. The molecule has 0 unspecified atom stereocenters. The maximum atomic E-state index is 13.7. The van der Waals surface area contributed by atoms with Crippen LogP contribution in [0.4, 0.5) is 0 Å². The van der Waals surface area contributed by atoms with Crippen molar-refractivity contribution >= 4 is 11.9 Å². The summed E-state index contributed by atoms with van der Waals surface area (Å²) in [5.74, 6) is -0.729. The fourth-order valence-electron chi connectivity index (χ4n) is 9.16. The summed E-state index contributed by atoms with van der Waals surface area (Å²) in [4.78, 5) is 27.1. The summed E-state index contributed by atoms with van der Waals surface area (Å²) in [6.45, 7) is 7.68. The molecule has 1 aromatic rings. The van der Waals surface area contributed by atoms with Gasteiger partial charge in [0.05, 0.1) is 24.3 Å². The zero-order valence-electron chi connectivity index (χ0n) is 42.1. The van der Waals surface area contributed by atoms with Gasteiger partial charge >= 0.3 is 11.9 Å². The smallest absolute Gasteiger partial charge is 0.339 e. The van der Waals surface area contributed by atoms with E-state index in [1.54, 1.807) is 6.07 Å². The van der Waals surface area contributed by atoms with Gasteiger partial charge in [-0.3, -0.25) is 0 Å². The molecule has 0 heterocycles. The Hall–Kier alpha value is -1.84. The van der Waals surface area contributed by atoms with E-state index in [2.05, 4.69) is 20.8 Å². The van der Waals surface area contributed by atoms with Crippen molar-refractivity contribution in [3.63, 3.8) is 0 Å². The van der Waals surface area contributed by atoms with Crippen molar-refractivity contribution in [3.8, 4) is 0 Å². The molecule has 0 aliphatic rings. The third-order valence-electron chi connectivity index (χ3n) is 13.3. The third kappa shape index (κ3) is 36.5. The van der Waals surface area contributed by atoms with Crippen LogP contribution in [0.5, 0.6) is 0 Å². The molecule has 0 N–H and O–H groups in total. The monoisotopic (exact) mass is 867 g/mol. The Morgan fingerprint density at radius 3 is 0.887 bits per heavy atom. The Balaban J connectivity index is 2.44. The molecule has 0 fully saturated rings. The number of benzene rings is 1. The Labute approximate surface area is 387 Å². The van der Waals surface area contributed by atoms with Crippen LogP contribution in [0.25, 0.3) is 0 Å². The molecule has 1 aromatic carbocycles. The van der Waals surface area contributed by atoms with Crippen LogP contribution in [-0.2, 0) is 15.9 Å². The molecule has 0 saturated heterocycles. The van der Waals surface area contributed by atoms with E-state index >= 15 is 0 Å². The van der Waals surface area contributed by atoms with Crippen molar-refractivity contribution in [2.45, 2.75) is 310 Å². The topological polar surface area (TPSA) is 52.6 Å². The lowest BCUT2D eigenvalue weighted by Crippen LogP contribution is -2.17. The summed E-state index contributed by atoms with van der Waals surface area (Å²) in [7, 11) is 0. The quantitative estimate of drug-likeness (QED) is 0.0484. The molecule has 0 saturated carbocycles. The van der Waals surface area contributed by atoms with Gasteiger partial charge in [-0.15, -0.1) is 0 Å². The van der Waals surface area contributed by atoms with Crippen LogP contribution in [0.3, 0.4) is 0 Å². The Bertz CT molecular complexity index is 1100. The van der Waals surface area contributed by atoms with Gasteiger partial charge in [-0.05, 0) is 37.3 Å². The highest BCUT2D eigenvalue weighted by Gasteiger charge is 2.23. The van der Waals surface area contributed by atoms with Gasteiger partial charge in [0.2, 0.25) is 0 Å². The van der Waals surface area contributed by atoms with Crippen LogP contribution in [0.2, 0.25) is 0 Å². The van der Waals surface area contributed by atoms with E-state index in [1.807, 2.05) is 12.1 Å². The molecule has 62 heavy (non-hydrogen) atoms. The second-order valence-electron chi connectivity index (χ2n) is 19.4. The van der Waals surface area contributed by atoms with Crippen LogP contribution in [-0.4, -0.2) is 25.2 Å². The van der Waals surface area contributed by atoms with Gasteiger partial charge in [0, 0.05) is 0 Å². The van der Waals surface area contributed by atoms with Crippen LogP contribution in [0.1, 0.15) is 330 Å². The summed E-state index contributed by atoms with van der Waals surface area (Å²) in [5.41, 5.74) is 1.77. The lowest BCUT2D eigenvalue weighted by molar-refractivity contribution is 0.0449. The molecule has 4 nitrogen and oxygen atoms in total. The SMILES string of the molecule is CCCCCCCCCCCCCCCCCCc1cccc(C(=O)OCCCCCCCCCCCCCCCC)c1C(=O)OCCCCCCCCCCCCCCCC. The zero-order valence-corrected chi connectivity index (χ0v) is 42.1. The lowest BCUT2D eigenvalue weighted by Gasteiger charge is -2.14. The van der Waals surface area contributed by atoms with E-state index in [4.69, 9.17) is 9.47 Å². The molecule has 0 spiro atoms. The molecule has 0 bridgehead atoms. The predicted molar refractivity (Wildman–Crippen MR) is 271 cm³/mol. The first-order valence-electron chi connectivity index (χ1n) is 28.1. The molecule has 1 rings (SSSR count). The second kappa shape index (κ2) is 47.1. The lowest BCUT2D eigenvalue weighted by atomic mass is 9.96. The van der Waals surface area contributed by atoms with Gasteiger partial charge < -0.3 is 9.47 Å². The first-order chi connectivity index (χ1) is 30.7. The van der Waals surface area contributed by atoms with Gasteiger partial charge in [0.1, 0.15) is 0 Å². The number of aryl methyl sites for hydroxylation is 1. The average Bonchev–Trinajstić information content (AvgIpc) is 3.28. The van der Waals surface area contributed by atoms with Gasteiger partial charge in [0.15, 0.2) is 0 Å². The van der Waals surface area contributed by atoms with E-state index in [0.717, 1.165) is 50.5 Å². The number of unbranched alkanes of at least 4 members (excludes halogenated alkanes) is 41. The largest absolute Gasteiger partial charge is 0.462 e. The van der Waals surface area contributed by atoms with Crippen molar-refractivity contribution in [1.82, 2.24) is 0 Å². The maximum Gasteiger partial charge on any atom is 0.339 e. The molecule has 4 heteroatoms. The Morgan fingerprint density at radius 1 is 0.323 bits per heavy atom. The second-order valence-corrected chi connectivity index (χ2v) is 19.4. The molecule has 0 aromatic heterocycles. The molecule has 362 valence electrons. The van der Waals surface area contributed by atoms with Crippen LogP contribution >= 0.6 is 0 Å². The minimum absolute atomic E-state index is 0.352. The van der Waals surface area contributed by atoms with Crippen LogP contribution in [0.15, 0.2) is 18.2 Å². The highest BCUT2D eigenvalue weighted by molar-refractivity contribution is 6.04. The molecular formula is C58H106O4. The third-order valence-corrected chi connectivity index (χ3v) is 13.3. The minimum Gasteiger partial charge on any atom is -0.462 e.